The van der Waals surface area contributed by atoms with Gasteiger partial charge in [0.2, 0.25) is 0 Å². The lowest BCUT2D eigenvalue weighted by atomic mass is 9.78. The van der Waals surface area contributed by atoms with Crippen LogP contribution < -0.4 is 5.73 Å². The number of carbonyl (C=O) groups excluding carboxylic acids is 1. The molecular formula is C18H25BClNO3S. The van der Waals surface area contributed by atoms with Gasteiger partial charge in [-0.2, -0.15) is 0 Å². The van der Waals surface area contributed by atoms with Crippen LogP contribution in [-0.4, -0.2) is 29.2 Å². The lowest BCUT2D eigenvalue weighted by Crippen LogP contribution is -2.41. The smallest absolute Gasteiger partial charge is 0.400 e. The molecule has 1 aromatic carbocycles. The minimum absolute atomic E-state index is 0.0499. The quantitative estimate of drug-likeness (QED) is 0.613. The first-order chi connectivity index (χ1) is 11.4. The summed E-state index contributed by atoms with van der Waals surface area (Å²) in [6, 6.07) is 3.78. The van der Waals surface area contributed by atoms with Crippen molar-refractivity contribution in [2.24, 2.45) is 0 Å². The van der Waals surface area contributed by atoms with E-state index in [1.54, 1.807) is 6.92 Å². The molecule has 0 radical (unpaired) electrons. The monoisotopic (exact) mass is 381 g/mol. The van der Waals surface area contributed by atoms with Crippen molar-refractivity contribution in [3.8, 4) is 0 Å². The minimum Gasteiger partial charge on any atom is -0.400 e. The maximum Gasteiger partial charge on any atom is 0.491 e. The number of halogens is 1. The molecule has 0 bridgehead atoms. The van der Waals surface area contributed by atoms with Crippen LogP contribution in [0.5, 0.6) is 0 Å². The summed E-state index contributed by atoms with van der Waals surface area (Å²) < 4.78 is 12.3. The normalized spacial score (nSPS) is 19.3. The van der Waals surface area contributed by atoms with E-state index >= 15 is 0 Å². The van der Waals surface area contributed by atoms with Gasteiger partial charge in [0.1, 0.15) is 0 Å². The highest BCUT2D eigenvalue weighted by Crippen LogP contribution is 2.39. The highest BCUT2D eigenvalue weighted by atomic mass is 35.5. The van der Waals surface area contributed by atoms with E-state index in [0.29, 0.717) is 16.5 Å². The van der Waals surface area contributed by atoms with Crippen molar-refractivity contribution in [3.63, 3.8) is 0 Å². The molecular weight excluding hydrogens is 357 g/mol. The molecule has 2 N–H and O–H groups in total. The second kappa shape index (κ2) is 7.35. The van der Waals surface area contributed by atoms with E-state index in [-0.39, 0.29) is 5.12 Å². The number of nitrogen functional groups attached to an aromatic ring is 1. The lowest BCUT2D eigenvalue weighted by Gasteiger charge is -2.32. The number of anilines is 1. The maximum absolute atomic E-state index is 11.4. The van der Waals surface area contributed by atoms with Crippen molar-refractivity contribution >= 4 is 47.4 Å². The predicted octanol–water partition coefficient (Wildman–Crippen LogP) is 4.53. The van der Waals surface area contributed by atoms with Gasteiger partial charge in [-0.1, -0.05) is 29.4 Å². The van der Waals surface area contributed by atoms with Gasteiger partial charge in [-0.3, -0.25) is 4.79 Å². The van der Waals surface area contributed by atoms with E-state index in [2.05, 4.69) is 0 Å². The molecule has 0 spiro atoms. The first-order valence-corrected chi connectivity index (χ1v) is 9.54. The summed E-state index contributed by atoms with van der Waals surface area (Å²) in [5, 5.41) is 0.563. The van der Waals surface area contributed by atoms with E-state index in [1.807, 2.05) is 52.8 Å². The molecule has 4 nitrogen and oxygen atoms in total. The van der Waals surface area contributed by atoms with Crippen LogP contribution in [0.2, 0.25) is 5.02 Å². The van der Waals surface area contributed by atoms with Crippen molar-refractivity contribution in [2.45, 2.75) is 52.7 Å². The zero-order valence-electron chi connectivity index (χ0n) is 15.6. The number of thioether (sulfide) groups is 1. The Hall–Kier alpha value is -0.945. The lowest BCUT2D eigenvalue weighted by molar-refractivity contribution is -0.109. The Morgan fingerprint density at radius 2 is 1.84 bits per heavy atom. The Labute approximate surface area is 159 Å². The topological polar surface area (TPSA) is 61.6 Å². The summed E-state index contributed by atoms with van der Waals surface area (Å²) in [5.41, 5.74) is 8.33. The third kappa shape index (κ3) is 4.62. The van der Waals surface area contributed by atoms with Gasteiger partial charge >= 0.3 is 7.12 Å². The van der Waals surface area contributed by atoms with Crippen LogP contribution in [0.1, 0.15) is 45.7 Å². The SMILES string of the molecule is CC(=O)SCC(=Cc1cc(C)c(N)c(Cl)c1)B1OC(C)(C)C(C)(C)O1. The zero-order chi connectivity index (χ0) is 19.0. The molecule has 1 saturated heterocycles. The number of hydrogen-bond donors (Lipinski definition) is 1. The summed E-state index contributed by atoms with van der Waals surface area (Å²) >= 11 is 7.44. The molecule has 0 unspecified atom stereocenters. The Bertz CT molecular complexity index is 679. The fraction of sp³-hybridized carbons (Fsp3) is 0.500. The molecule has 1 aromatic rings. The van der Waals surface area contributed by atoms with Crippen LogP contribution in [0.15, 0.2) is 17.6 Å². The molecule has 0 atom stereocenters. The zero-order valence-corrected chi connectivity index (χ0v) is 17.2. The number of hydrogen-bond acceptors (Lipinski definition) is 5. The molecule has 2 rings (SSSR count). The third-order valence-electron chi connectivity index (χ3n) is 4.71. The molecule has 136 valence electrons. The highest BCUT2D eigenvalue weighted by Gasteiger charge is 2.52. The molecule has 0 amide bonds. The summed E-state index contributed by atoms with van der Waals surface area (Å²) in [4.78, 5) is 11.4. The van der Waals surface area contributed by atoms with Crippen molar-refractivity contribution in [1.82, 2.24) is 0 Å². The van der Waals surface area contributed by atoms with Gasteiger partial charge in [0, 0.05) is 12.7 Å². The number of nitrogens with two attached hydrogens (primary N) is 1. The van der Waals surface area contributed by atoms with Crippen LogP contribution in [-0.2, 0) is 14.1 Å². The average Bonchev–Trinajstić information content (AvgIpc) is 2.68. The fourth-order valence-corrected chi connectivity index (χ4v) is 3.30. The van der Waals surface area contributed by atoms with Gasteiger partial charge in [-0.25, -0.2) is 0 Å². The Balaban J connectivity index is 2.38. The first-order valence-electron chi connectivity index (χ1n) is 8.18. The molecule has 1 aliphatic rings. The summed E-state index contributed by atoms with van der Waals surface area (Å²) in [6.45, 7) is 11.5. The summed E-state index contributed by atoms with van der Waals surface area (Å²) in [5.74, 6) is 0.493. The fourth-order valence-electron chi connectivity index (χ4n) is 2.44. The van der Waals surface area contributed by atoms with E-state index in [4.69, 9.17) is 26.6 Å². The van der Waals surface area contributed by atoms with E-state index in [0.717, 1.165) is 16.6 Å². The van der Waals surface area contributed by atoms with Crippen molar-refractivity contribution < 1.29 is 14.1 Å². The summed E-state index contributed by atoms with van der Waals surface area (Å²) in [7, 11) is -0.506. The molecule has 1 fully saturated rings. The minimum atomic E-state index is -0.506. The number of carbonyl (C=O) groups is 1. The van der Waals surface area contributed by atoms with Gasteiger partial charge in [0.25, 0.3) is 0 Å². The highest BCUT2D eigenvalue weighted by molar-refractivity contribution is 8.13. The maximum atomic E-state index is 11.4. The Morgan fingerprint density at radius 3 is 2.32 bits per heavy atom. The van der Waals surface area contributed by atoms with Crippen molar-refractivity contribution in [2.75, 3.05) is 11.5 Å². The second-order valence-corrected chi connectivity index (χ2v) is 8.88. The predicted molar refractivity (Wildman–Crippen MR) is 108 cm³/mol. The van der Waals surface area contributed by atoms with E-state index < -0.39 is 18.3 Å². The van der Waals surface area contributed by atoms with Crippen molar-refractivity contribution in [3.05, 3.63) is 33.8 Å². The van der Waals surface area contributed by atoms with Crippen LogP contribution in [0.25, 0.3) is 6.08 Å². The average molecular weight is 382 g/mol. The van der Waals surface area contributed by atoms with Crippen LogP contribution >= 0.6 is 23.4 Å². The van der Waals surface area contributed by atoms with E-state index in [9.17, 15) is 4.79 Å². The number of aryl methyl sites for hydroxylation is 1. The molecule has 1 aliphatic heterocycles. The van der Waals surface area contributed by atoms with Crippen molar-refractivity contribution in [1.29, 1.82) is 0 Å². The summed E-state index contributed by atoms with van der Waals surface area (Å²) in [6.07, 6.45) is 1.97. The van der Waals surface area contributed by atoms with Gasteiger partial charge in [0.15, 0.2) is 5.12 Å². The van der Waals surface area contributed by atoms with Gasteiger partial charge < -0.3 is 15.0 Å². The third-order valence-corrected chi connectivity index (χ3v) is 5.91. The van der Waals surface area contributed by atoms with Gasteiger partial charge in [-0.15, -0.1) is 0 Å². The molecule has 1 heterocycles. The number of benzene rings is 1. The van der Waals surface area contributed by atoms with Gasteiger partial charge in [-0.05, 0) is 63.4 Å². The molecule has 25 heavy (non-hydrogen) atoms. The standard InChI is InChI=1S/C18H25BClNO3S/c1-11-7-13(9-15(20)16(11)21)8-14(10-25-12(2)22)19-23-17(3,4)18(5,6)24-19/h7-9H,10,21H2,1-6H3. The molecule has 0 saturated carbocycles. The number of rotatable bonds is 4. The Kier molecular flexibility index (Phi) is 5.99. The molecule has 0 aliphatic carbocycles. The van der Waals surface area contributed by atoms with Crippen LogP contribution in [0.4, 0.5) is 5.69 Å². The molecule has 7 heteroatoms. The molecule has 0 aromatic heterocycles. The second-order valence-electron chi connectivity index (χ2n) is 7.32. The van der Waals surface area contributed by atoms with Crippen LogP contribution in [0, 0.1) is 6.92 Å². The van der Waals surface area contributed by atoms with Crippen LogP contribution in [0.3, 0.4) is 0 Å². The van der Waals surface area contributed by atoms with E-state index in [1.165, 1.54) is 11.8 Å². The first kappa shape index (κ1) is 20.4. The Morgan fingerprint density at radius 1 is 1.28 bits per heavy atom. The van der Waals surface area contributed by atoms with Gasteiger partial charge in [0.05, 0.1) is 21.9 Å². The largest absolute Gasteiger partial charge is 0.491 e.